The summed E-state index contributed by atoms with van der Waals surface area (Å²) in [5, 5.41) is 7.07. The van der Waals surface area contributed by atoms with E-state index in [1.165, 1.54) is 4.90 Å². The smallest absolute Gasteiger partial charge is 0.261 e. The molecule has 3 aromatic rings. The molecule has 1 aliphatic rings. The van der Waals surface area contributed by atoms with E-state index in [1.807, 2.05) is 12.1 Å². The van der Waals surface area contributed by atoms with E-state index < -0.39 is 0 Å². The summed E-state index contributed by atoms with van der Waals surface area (Å²) in [4.78, 5) is 34.6. The van der Waals surface area contributed by atoms with E-state index in [9.17, 15) is 9.59 Å². The predicted molar refractivity (Wildman–Crippen MR) is 102 cm³/mol. The van der Waals surface area contributed by atoms with E-state index in [2.05, 4.69) is 20.4 Å². The SMILES string of the molecule is Cc1noc(-c2cccnc2NCCCCN2C(=O)c3ccccc3C2=O)n1. The summed E-state index contributed by atoms with van der Waals surface area (Å²) in [7, 11) is 0. The minimum absolute atomic E-state index is 0.215. The fourth-order valence-electron chi connectivity index (χ4n) is 3.17. The van der Waals surface area contributed by atoms with Crippen LogP contribution in [0.2, 0.25) is 0 Å². The number of carbonyl (C=O) groups is 2. The van der Waals surface area contributed by atoms with Crippen molar-refractivity contribution >= 4 is 17.6 Å². The van der Waals surface area contributed by atoms with E-state index in [4.69, 9.17) is 4.52 Å². The summed E-state index contributed by atoms with van der Waals surface area (Å²) in [6, 6.07) is 10.6. The number of amides is 2. The van der Waals surface area contributed by atoms with Crippen LogP contribution in [0.15, 0.2) is 47.1 Å². The highest BCUT2D eigenvalue weighted by Gasteiger charge is 2.34. The number of aryl methyl sites for hydroxylation is 1. The normalized spacial score (nSPS) is 13.1. The van der Waals surface area contributed by atoms with Gasteiger partial charge in [0.15, 0.2) is 5.82 Å². The second-order valence-electron chi connectivity index (χ2n) is 6.49. The average Bonchev–Trinajstić information content (AvgIpc) is 3.25. The first-order valence-corrected chi connectivity index (χ1v) is 9.10. The minimum atomic E-state index is -0.215. The Morgan fingerprint density at radius 2 is 1.71 bits per heavy atom. The van der Waals surface area contributed by atoms with Crippen molar-refractivity contribution in [3.05, 3.63) is 59.5 Å². The number of nitrogens with one attached hydrogen (secondary N) is 1. The molecule has 3 heterocycles. The van der Waals surface area contributed by atoms with E-state index >= 15 is 0 Å². The summed E-state index contributed by atoms with van der Waals surface area (Å²) in [6.07, 6.45) is 3.15. The Morgan fingerprint density at radius 3 is 2.39 bits per heavy atom. The van der Waals surface area contributed by atoms with Crippen LogP contribution in [0.3, 0.4) is 0 Å². The van der Waals surface area contributed by atoms with Crippen molar-refractivity contribution in [2.75, 3.05) is 18.4 Å². The first-order chi connectivity index (χ1) is 13.6. The quantitative estimate of drug-likeness (QED) is 0.499. The lowest BCUT2D eigenvalue weighted by molar-refractivity contribution is 0.0652. The Kier molecular flexibility index (Phi) is 4.84. The maximum absolute atomic E-state index is 12.4. The predicted octanol–water partition coefficient (Wildman–Crippen LogP) is 2.93. The van der Waals surface area contributed by atoms with Crippen LogP contribution in [0, 0.1) is 6.92 Å². The van der Waals surface area contributed by atoms with Crippen LogP contribution in [0.5, 0.6) is 0 Å². The van der Waals surface area contributed by atoms with Crippen molar-refractivity contribution in [3.8, 4) is 11.5 Å². The minimum Gasteiger partial charge on any atom is -0.369 e. The standard InChI is InChI=1S/C20H19N5O3/c1-13-23-18(28-24-13)16-9-6-11-22-17(16)21-10-4-5-12-25-19(26)14-7-2-3-8-15(14)20(25)27/h2-3,6-9,11H,4-5,10,12H2,1H3,(H,21,22). The molecule has 0 spiro atoms. The molecule has 0 aliphatic carbocycles. The summed E-state index contributed by atoms with van der Waals surface area (Å²) in [5.74, 6) is 1.21. The number of unbranched alkanes of at least 4 members (excludes halogenated alkanes) is 1. The van der Waals surface area contributed by atoms with Crippen LogP contribution >= 0.6 is 0 Å². The first-order valence-electron chi connectivity index (χ1n) is 9.10. The van der Waals surface area contributed by atoms with Crippen LogP contribution in [0.4, 0.5) is 5.82 Å². The van der Waals surface area contributed by atoms with Gasteiger partial charge in [0.1, 0.15) is 5.82 Å². The number of carbonyl (C=O) groups excluding carboxylic acids is 2. The van der Waals surface area contributed by atoms with Crippen molar-refractivity contribution in [3.63, 3.8) is 0 Å². The topological polar surface area (TPSA) is 101 Å². The second kappa shape index (κ2) is 7.59. The van der Waals surface area contributed by atoms with Crippen molar-refractivity contribution in [1.29, 1.82) is 0 Å². The molecule has 0 unspecified atom stereocenters. The van der Waals surface area contributed by atoms with E-state index in [0.717, 1.165) is 12.0 Å². The monoisotopic (exact) mass is 377 g/mol. The Bertz CT molecular complexity index is 995. The Balaban J connectivity index is 1.31. The molecule has 4 rings (SSSR count). The molecule has 1 aromatic carbocycles. The van der Waals surface area contributed by atoms with Crippen LogP contribution in [-0.2, 0) is 0 Å². The van der Waals surface area contributed by atoms with Gasteiger partial charge in [-0.15, -0.1) is 0 Å². The third-order valence-electron chi connectivity index (χ3n) is 4.54. The molecule has 1 N–H and O–H groups in total. The molecular formula is C20H19N5O3. The lowest BCUT2D eigenvalue weighted by Gasteiger charge is -2.14. The molecule has 0 fully saturated rings. The number of rotatable bonds is 7. The molecule has 0 saturated carbocycles. The van der Waals surface area contributed by atoms with Crippen LogP contribution in [0.25, 0.3) is 11.5 Å². The number of benzene rings is 1. The molecular weight excluding hydrogens is 358 g/mol. The highest BCUT2D eigenvalue weighted by atomic mass is 16.5. The van der Waals surface area contributed by atoms with Gasteiger partial charge in [0.2, 0.25) is 0 Å². The van der Waals surface area contributed by atoms with Crippen molar-refractivity contribution < 1.29 is 14.1 Å². The summed E-state index contributed by atoms with van der Waals surface area (Å²) >= 11 is 0. The van der Waals surface area contributed by atoms with Crippen molar-refractivity contribution in [1.82, 2.24) is 20.0 Å². The molecule has 8 heteroatoms. The van der Waals surface area contributed by atoms with Gasteiger partial charge in [-0.25, -0.2) is 4.98 Å². The molecule has 142 valence electrons. The average molecular weight is 377 g/mol. The van der Waals surface area contributed by atoms with E-state index in [1.54, 1.807) is 37.4 Å². The number of hydrogen-bond donors (Lipinski definition) is 1. The van der Waals surface area contributed by atoms with Gasteiger partial charge in [-0.2, -0.15) is 4.98 Å². The van der Waals surface area contributed by atoms with Gasteiger partial charge < -0.3 is 9.84 Å². The fraction of sp³-hybridized carbons (Fsp3) is 0.250. The van der Waals surface area contributed by atoms with E-state index in [-0.39, 0.29) is 11.8 Å². The van der Waals surface area contributed by atoms with Crippen molar-refractivity contribution in [2.45, 2.75) is 19.8 Å². The Morgan fingerprint density at radius 1 is 1.00 bits per heavy atom. The van der Waals surface area contributed by atoms with Gasteiger partial charge in [-0.05, 0) is 44.0 Å². The van der Waals surface area contributed by atoms with Crippen LogP contribution in [-0.4, -0.2) is 44.9 Å². The van der Waals surface area contributed by atoms with Gasteiger partial charge >= 0.3 is 0 Å². The zero-order valence-corrected chi connectivity index (χ0v) is 15.4. The van der Waals surface area contributed by atoms with Gasteiger partial charge in [-0.3, -0.25) is 14.5 Å². The molecule has 0 atom stereocenters. The molecule has 2 aromatic heterocycles. The second-order valence-corrected chi connectivity index (χ2v) is 6.49. The van der Waals surface area contributed by atoms with Gasteiger partial charge in [-0.1, -0.05) is 17.3 Å². The number of fused-ring (bicyclic) bond motifs is 1. The summed E-state index contributed by atoms with van der Waals surface area (Å²) < 4.78 is 5.22. The Hall–Kier alpha value is -3.55. The van der Waals surface area contributed by atoms with Crippen molar-refractivity contribution in [2.24, 2.45) is 0 Å². The lowest BCUT2D eigenvalue weighted by atomic mass is 10.1. The van der Waals surface area contributed by atoms with Crippen LogP contribution in [0.1, 0.15) is 39.4 Å². The maximum atomic E-state index is 12.4. The molecule has 0 radical (unpaired) electrons. The summed E-state index contributed by atoms with van der Waals surface area (Å²) in [6.45, 7) is 2.79. The number of nitrogens with zero attached hydrogens (tertiary/aromatic N) is 4. The number of hydrogen-bond acceptors (Lipinski definition) is 7. The maximum Gasteiger partial charge on any atom is 0.261 e. The number of pyridine rings is 1. The highest BCUT2D eigenvalue weighted by Crippen LogP contribution is 2.25. The van der Waals surface area contributed by atoms with Gasteiger partial charge in [0, 0.05) is 19.3 Å². The zero-order chi connectivity index (χ0) is 19.5. The molecule has 2 amide bonds. The molecule has 28 heavy (non-hydrogen) atoms. The molecule has 0 bridgehead atoms. The third-order valence-corrected chi connectivity index (χ3v) is 4.54. The zero-order valence-electron chi connectivity index (χ0n) is 15.4. The largest absolute Gasteiger partial charge is 0.369 e. The lowest BCUT2D eigenvalue weighted by Crippen LogP contribution is -2.30. The first kappa shape index (κ1) is 17.8. The molecule has 8 nitrogen and oxygen atoms in total. The molecule has 0 saturated heterocycles. The molecule has 1 aliphatic heterocycles. The fourth-order valence-corrected chi connectivity index (χ4v) is 3.17. The summed E-state index contributed by atoms with van der Waals surface area (Å²) in [5.41, 5.74) is 1.71. The van der Waals surface area contributed by atoms with Gasteiger partial charge in [0.05, 0.1) is 16.7 Å². The number of anilines is 1. The van der Waals surface area contributed by atoms with Gasteiger partial charge in [0.25, 0.3) is 17.7 Å². The highest BCUT2D eigenvalue weighted by molar-refractivity contribution is 6.21. The van der Waals surface area contributed by atoms with E-state index in [0.29, 0.717) is 48.2 Å². The third kappa shape index (κ3) is 3.36. The number of aromatic nitrogens is 3. The van der Waals surface area contributed by atoms with Crippen LogP contribution < -0.4 is 5.32 Å². The number of imide groups is 1. The Labute approximate surface area is 161 Å².